The van der Waals surface area contributed by atoms with E-state index in [4.69, 9.17) is 0 Å². The first-order valence-corrected chi connectivity index (χ1v) is 14.5. The molecule has 0 radical (unpaired) electrons. The maximum absolute atomic E-state index is 4.69. The number of hydrogen-bond donors (Lipinski definition) is 0. The van der Waals surface area contributed by atoms with Crippen molar-refractivity contribution in [3.8, 4) is 33.6 Å². The van der Waals surface area contributed by atoms with Crippen LogP contribution in [-0.4, -0.2) is 9.97 Å². The van der Waals surface area contributed by atoms with Gasteiger partial charge in [0.25, 0.3) is 0 Å². The average molecular weight is 761 g/mol. The van der Waals surface area contributed by atoms with Gasteiger partial charge < -0.3 is 14.9 Å². The molecule has 0 N–H and O–H groups in total. The molecule has 0 amide bonds. The van der Waals surface area contributed by atoms with Gasteiger partial charge in [0.1, 0.15) is 0 Å². The molecule has 0 aliphatic rings. The Morgan fingerprint density at radius 3 is 1.87 bits per heavy atom. The number of aromatic nitrogens is 2. The summed E-state index contributed by atoms with van der Waals surface area (Å²) in [6, 6.07) is 46.7. The quantitative estimate of drug-likeness (QED) is 0.109. The van der Waals surface area contributed by atoms with Crippen molar-refractivity contribution in [1.82, 2.24) is 9.97 Å². The van der Waals surface area contributed by atoms with Gasteiger partial charge in [0.15, 0.2) is 0 Å². The number of rotatable bonds is 9. The largest absolute Gasteiger partial charge is 2.00 e. The van der Waals surface area contributed by atoms with Gasteiger partial charge in [-0.15, -0.1) is 59.7 Å². The fraction of sp³-hybridized carbons (Fsp3) is 0.0244. The van der Waals surface area contributed by atoms with Crippen molar-refractivity contribution >= 4 is 22.6 Å². The monoisotopic (exact) mass is 760 g/mol. The van der Waals surface area contributed by atoms with E-state index in [1.807, 2.05) is 67.0 Å². The van der Waals surface area contributed by atoms with Gasteiger partial charge in [-0.25, -0.2) is 0 Å². The summed E-state index contributed by atoms with van der Waals surface area (Å²) < 4.78 is 0. The number of benzene rings is 4. The molecule has 0 unspecified atom stereocenters. The fourth-order valence-corrected chi connectivity index (χ4v) is 5.16. The average Bonchev–Trinajstić information content (AvgIpc) is 3.08. The Hall–Kier alpha value is -5.11. The molecule has 4 aromatic carbocycles. The van der Waals surface area contributed by atoms with Gasteiger partial charge in [0.2, 0.25) is 0 Å². The van der Waals surface area contributed by atoms with E-state index >= 15 is 0 Å². The van der Waals surface area contributed by atoms with Crippen LogP contribution in [0.15, 0.2) is 159 Å². The summed E-state index contributed by atoms with van der Waals surface area (Å²) in [7, 11) is 0. The molecule has 0 aliphatic heterocycles. The number of pyridine rings is 2. The Kier molecular flexibility index (Phi) is 10.1. The summed E-state index contributed by atoms with van der Waals surface area (Å²) in [5.74, 6) is 0. The van der Waals surface area contributed by atoms with Gasteiger partial charge >= 0.3 is 21.1 Å². The van der Waals surface area contributed by atoms with Crippen molar-refractivity contribution in [2.45, 2.75) is 6.92 Å². The molecule has 0 spiro atoms. The number of nitrogens with zero attached hydrogens (tertiary/aromatic N) is 3. The molecule has 220 valence electrons. The molecule has 2 heterocycles. The second-order valence-corrected chi connectivity index (χ2v) is 10.4. The van der Waals surface area contributed by atoms with Crippen LogP contribution in [0.4, 0.5) is 17.1 Å². The van der Waals surface area contributed by atoms with Crippen LogP contribution in [0.3, 0.4) is 0 Å². The first-order valence-electron chi connectivity index (χ1n) is 14.5. The van der Waals surface area contributed by atoms with E-state index in [2.05, 4.69) is 120 Å². The van der Waals surface area contributed by atoms with E-state index in [1.54, 1.807) is 6.08 Å². The number of allylic oxidation sites excluding steroid dienone is 4. The van der Waals surface area contributed by atoms with Crippen molar-refractivity contribution in [1.29, 1.82) is 0 Å². The zero-order chi connectivity index (χ0) is 30.3. The van der Waals surface area contributed by atoms with Crippen LogP contribution in [-0.2, 0) is 21.1 Å². The summed E-state index contributed by atoms with van der Waals surface area (Å²) in [4.78, 5) is 11.5. The van der Waals surface area contributed by atoms with Crippen LogP contribution in [0.25, 0.3) is 39.2 Å². The van der Waals surface area contributed by atoms with Crippen molar-refractivity contribution in [3.05, 3.63) is 182 Å². The van der Waals surface area contributed by atoms with Gasteiger partial charge in [-0.1, -0.05) is 91.5 Å². The fourth-order valence-electron chi connectivity index (χ4n) is 5.16. The molecule has 0 saturated heterocycles. The summed E-state index contributed by atoms with van der Waals surface area (Å²) in [6.07, 6.45) is 9.19. The second-order valence-electron chi connectivity index (χ2n) is 10.4. The molecule has 6 aromatic rings. The Morgan fingerprint density at radius 2 is 1.27 bits per heavy atom. The zero-order valence-electron chi connectivity index (χ0n) is 24.9. The molecule has 6 rings (SSSR count). The minimum absolute atomic E-state index is 0. The van der Waals surface area contributed by atoms with Crippen LogP contribution in [0.2, 0.25) is 0 Å². The predicted molar refractivity (Wildman–Crippen MR) is 184 cm³/mol. The van der Waals surface area contributed by atoms with E-state index in [9.17, 15) is 0 Å². The maximum Gasteiger partial charge on any atom is 2.00 e. The Labute approximate surface area is 280 Å². The van der Waals surface area contributed by atoms with Crippen LogP contribution >= 0.6 is 0 Å². The van der Waals surface area contributed by atoms with E-state index in [-0.39, 0.29) is 21.1 Å². The van der Waals surface area contributed by atoms with Crippen molar-refractivity contribution in [2.24, 2.45) is 0 Å². The Morgan fingerprint density at radius 1 is 0.667 bits per heavy atom. The van der Waals surface area contributed by atoms with Crippen LogP contribution < -0.4 is 4.90 Å². The minimum Gasteiger partial charge on any atom is -0.346 e. The first kappa shape index (κ1) is 31.3. The molecule has 4 heteroatoms. The third-order valence-electron chi connectivity index (χ3n) is 7.35. The molecule has 0 atom stereocenters. The van der Waals surface area contributed by atoms with Crippen molar-refractivity contribution < 1.29 is 21.1 Å². The van der Waals surface area contributed by atoms with E-state index in [0.29, 0.717) is 0 Å². The number of anilines is 3. The molecular formula is C41H31N3Pt. The van der Waals surface area contributed by atoms with Gasteiger partial charge in [0.05, 0.1) is 0 Å². The molecule has 0 fully saturated rings. The molecule has 2 aromatic heterocycles. The molecule has 0 bridgehead atoms. The van der Waals surface area contributed by atoms with E-state index < -0.39 is 0 Å². The van der Waals surface area contributed by atoms with E-state index in [1.165, 1.54) is 5.56 Å². The van der Waals surface area contributed by atoms with Gasteiger partial charge in [-0.2, -0.15) is 0 Å². The smallest absolute Gasteiger partial charge is 0.346 e. The number of hydrogen-bond acceptors (Lipinski definition) is 3. The number of aryl methyl sites for hydroxylation is 1. The van der Waals surface area contributed by atoms with Crippen LogP contribution in [0, 0.1) is 19.1 Å². The SMILES string of the molecule is C=C/C=C(\C=C)c1ccnc(-c2[c-]c(N(c3[c-]c(-c4cc(C)ccn4)ccc3)c3ccc(-c4ccccc4)cc3)ccc2)c1.[Pt+2]. The van der Waals surface area contributed by atoms with Gasteiger partial charge in [-0.05, 0) is 76.2 Å². The zero-order valence-corrected chi connectivity index (χ0v) is 27.2. The third-order valence-corrected chi connectivity index (χ3v) is 7.35. The molecular weight excluding hydrogens is 730 g/mol. The van der Waals surface area contributed by atoms with E-state index in [0.717, 1.165) is 61.8 Å². The first-order chi connectivity index (χ1) is 21.6. The van der Waals surface area contributed by atoms with Crippen LogP contribution in [0.1, 0.15) is 11.1 Å². The Bertz CT molecular complexity index is 1960. The predicted octanol–water partition coefficient (Wildman–Crippen LogP) is 10.6. The summed E-state index contributed by atoms with van der Waals surface area (Å²) in [5.41, 5.74) is 11.7. The minimum atomic E-state index is 0. The second kappa shape index (κ2) is 14.6. The standard InChI is InChI=1S/C41H31N3.Pt/c1-4-11-31(5-2)34-23-25-43-41(29-34)36-15-10-17-39(28-36)44(37-20-18-33(19-21-37)32-12-7-6-8-13-32)38-16-9-14-35(27-38)40-26-30(3)22-24-42-40;/h4-26,29H,1-2H2,3H3;/q-2;+2/b31-11+;. The molecule has 45 heavy (non-hydrogen) atoms. The van der Waals surface area contributed by atoms with Gasteiger partial charge in [-0.3, -0.25) is 0 Å². The molecule has 0 aliphatic carbocycles. The summed E-state index contributed by atoms with van der Waals surface area (Å²) >= 11 is 0. The van der Waals surface area contributed by atoms with Crippen molar-refractivity contribution in [3.63, 3.8) is 0 Å². The van der Waals surface area contributed by atoms with Gasteiger partial charge in [0, 0.05) is 18.1 Å². The summed E-state index contributed by atoms with van der Waals surface area (Å²) in [5, 5.41) is 0. The normalized spacial score (nSPS) is 10.9. The molecule has 0 saturated carbocycles. The van der Waals surface area contributed by atoms with Crippen LogP contribution in [0.5, 0.6) is 0 Å². The third kappa shape index (κ3) is 7.17. The maximum atomic E-state index is 4.69. The Balaban J connectivity index is 0.00000400. The molecule has 3 nitrogen and oxygen atoms in total. The topological polar surface area (TPSA) is 29.0 Å². The van der Waals surface area contributed by atoms with Crippen molar-refractivity contribution in [2.75, 3.05) is 4.90 Å². The summed E-state index contributed by atoms with van der Waals surface area (Å²) in [6.45, 7) is 9.87.